The van der Waals surface area contributed by atoms with Gasteiger partial charge in [0.25, 0.3) is 0 Å². The average molecular weight is 330 g/mol. The zero-order valence-corrected chi connectivity index (χ0v) is 13.9. The predicted molar refractivity (Wildman–Crippen MR) is 98.7 cm³/mol. The van der Waals surface area contributed by atoms with Gasteiger partial charge in [-0.2, -0.15) is 9.61 Å². The van der Waals surface area contributed by atoms with Crippen LogP contribution < -0.4 is 10.1 Å². The van der Waals surface area contributed by atoms with Crippen LogP contribution >= 0.6 is 0 Å². The van der Waals surface area contributed by atoms with E-state index < -0.39 is 0 Å². The molecule has 0 aliphatic rings. The van der Waals surface area contributed by atoms with Crippen molar-refractivity contribution in [2.24, 2.45) is 0 Å². The van der Waals surface area contributed by atoms with Crippen LogP contribution in [0.1, 0.15) is 5.56 Å². The number of aromatic nitrogens is 3. The number of nitrogens with one attached hydrogen (secondary N) is 1. The summed E-state index contributed by atoms with van der Waals surface area (Å²) in [5.41, 5.74) is 3.95. The summed E-state index contributed by atoms with van der Waals surface area (Å²) in [5, 5.41) is 7.82. The average Bonchev–Trinajstić information content (AvgIpc) is 3.16. The van der Waals surface area contributed by atoms with E-state index in [1.807, 2.05) is 59.1 Å². The second-order valence-corrected chi connectivity index (χ2v) is 5.70. The quantitative estimate of drug-likeness (QED) is 0.600. The van der Waals surface area contributed by atoms with Crippen molar-refractivity contribution < 1.29 is 4.74 Å². The molecular weight excluding hydrogens is 312 g/mol. The number of methoxy groups -OCH3 is 1. The van der Waals surface area contributed by atoms with Gasteiger partial charge in [-0.15, -0.1) is 0 Å². The Morgan fingerprint density at radius 2 is 1.80 bits per heavy atom. The number of ether oxygens (including phenoxy) is 1. The van der Waals surface area contributed by atoms with E-state index >= 15 is 0 Å². The van der Waals surface area contributed by atoms with Crippen molar-refractivity contribution in [1.29, 1.82) is 0 Å². The molecule has 2 heterocycles. The van der Waals surface area contributed by atoms with E-state index in [0.29, 0.717) is 0 Å². The lowest BCUT2D eigenvalue weighted by molar-refractivity contribution is 0.415. The molecule has 1 N–H and O–H groups in total. The summed E-state index contributed by atoms with van der Waals surface area (Å²) in [7, 11) is 1.66. The monoisotopic (exact) mass is 330 g/mol. The molecule has 0 saturated carbocycles. The van der Waals surface area contributed by atoms with Crippen LogP contribution in [0.5, 0.6) is 5.75 Å². The van der Waals surface area contributed by atoms with Gasteiger partial charge < -0.3 is 10.1 Å². The Labute approximate surface area is 145 Å². The van der Waals surface area contributed by atoms with E-state index in [1.165, 1.54) is 5.56 Å². The van der Waals surface area contributed by atoms with Crippen molar-refractivity contribution in [2.75, 3.05) is 12.4 Å². The number of rotatable bonds is 5. The van der Waals surface area contributed by atoms with E-state index in [0.717, 1.165) is 35.0 Å². The zero-order chi connectivity index (χ0) is 17.1. The number of fused-ring (bicyclic) bond motifs is 1. The van der Waals surface area contributed by atoms with Crippen LogP contribution in [-0.4, -0.2) is 21.7 Å². The van der Waals surface area contributed by atoms with Crippen LogP contribution in [0.3, 0.4) is 0 Å². The number of hydrogen-bond acceptors (Lipinski definition) is 4. The minimum atomic E-state index is 0.724. The third kappa shape index (κ3) is 3.17. The SMILES string of the molecule is COc1ccc(-c2cc(NCc3ccccc3)n3nccc3n2)cc1. The molecule has 4 rings (SSSR count). The topological polar surface area (TPSA) is 51.5 Å². The standard InChI is InChI=1S/C20H18N4O/c1-25-17-9-7-16(8-10-17)18-13-20(24-19(23-18)11-12-22-24)21-14-15-5-3-2-4-6-15/h2-13,21H,14H2,1H3. The van der Waals surface area contributed by atoms with Gasteiger partial charge in [-0.25, -0.2) is 4.98 Å². The molecule has 0 radical (unpaired) electrons. The molecule has 0 amide bonds. The molecule has 25 heavy (non-hydrogen) atoms. The number of anilines is 1. The first kappa shape index (κ1) is 15.2. The normalized spacial score (nSPS) is 10.8. The highest BCUT2D eigenvalue weighted by Gasteiger charge is 2.08. The third-order valence-corrected chi connectivity index (χ3v) is 4.06. The molecule has 5 nitrogen and oxygen atoms in total. The lowest BCUT2D eigenvalue weighted by atomic mass is 10.1. The molecule has 2 aromatic carbocycles. The molecule has 0 spiro atoms. The van der Waals surface area contributed by atoms with Crippen LogP contribution in [-0.2, 0) is 6.54 Å². The van der Waals surface area contributed by atoms with Crippen molar-refractivity contribution in [3.05, 3.63) is 78.5 Å². The molecule has 0 atom stereocenters. The van der Waals surface area contributed by atoms with Gasteiger partial charge >= 0.3 is 0 Å². The first-order chi connectivity index (χ1) is 12.3. The Hall–Kier alpha value is -3.34. The summed E-state index contributed by atoms with van der Waals surface area (Å²) in [4.78, 5) is 4.70. The molecule has 124 valence electrons. The van der Waals surface area contributed by atoms with Gasteiger partial charge in [-0.3, -0.25) is 0 Å². The Morgan fingerprint density at radius 1 is 1.00 bits per heavy atom. The maximum absolute atomic E-state index is 5.23. The molecule has 0 aliphatic carbocycles. The lowest BCUT2D eigenvalue weighted by Gasteiger charge is -2.11. The molecule has 5 heteroatoms. The summed E-state index contributed by atoms with van der Waals surface area (Å²) in [5.74, 6) is 1.74. The number of benzene rings is 2. The van der Waals surface area contributed by atoms with Gasteiger partial charge in [0.05, 0.1) is 19.0 Å². The van der Waals surface area contributed by atoms with Crippen molar-refractivity contribution in [3.63, 3.8) is 0 Å². The minimum Gasteiger partial charge on any atom is -0.497 e. The highest BCUT2D eigenvalue weighted by molar-refractivity contribution is 5.67. The van der Waals surface area contributed by atoms with E-state index in [-0.39, 0.29) is 0 Å². The fourth-order valence-electron chi connectivity index (χ4n) is 2.74. The van der Waals surface area contributed by atoms with Gasteiger partial charge in [-0.05, 0) is 29.8 Å². The Morgan fingerprint density at radius 3 is 2.56 bits per heavy atom. The van der Waals surface area contributed by atoms with E-state index in [9.17, 15) is 0 Å². The molecule has 0 saturated heterocycles. The largest absolute Gasteiger partial charge is 0.497 e. The fourth-order valence-corrected chi connectivity index (χ4v) is 2.74. The minimum absolute atomic E-state index is 0.724. The van der Waals surface area contributed by atoms with Crippen LogP contribution in [0.2, 0.25) is 0 Å². The van der Waals surface area contributed by atoms with Crippen LogP contribution in [0, 0.1) is 0 Å². The van der Waals surface area contributed by atoms with Gasteiger partial charge in [0.15, 0.2) is 5.65 Å². The maximum Gasteiger partial charge on any atom is 0.157 e. The van der Waals surface area contributed by atoms with E-state index in [2.05, 4.69) is 22.5 Å². The van der Waals surface area contributed by atoms with E-state index in [1.54, 1.807) is 13.3 Å². The van der Waals surface area contributed by atoms with Gasteiger partial charge in [-0.1, -0.05) is 30.3 Å². The predicted octanol–water partition coefficient (Wildman–Crippen LogP) is 4.02. The second kappa shape index (κ2) is 6.65. The molecule has 2 aromatic heterocycles. The molecule has 0 unspecified atom stereocenters. The lowest BCUT2D eigenvalue weighted by Crippen LogP contribution is -2.06. The number of hydrogen-bond donors (Lipinski definition) is 1. The zero-order valence-electron chi connectivity index (χ0n) is 13.9. The summed E-state index contributed by atoms with van der Waals surface area (Å²) in [6.07, 6.45) is 1.76. The second-order valence-electron chi connectivity index (χ2n) is 5.70. The van der Waals surface area contributed by atoms with Crippen LogP contribution in [0.4, 0.5) is 5.82 Å². The summed E-state index contributed by atoms with van der Waals surface area (Å²) < 4.78 is 7.04. The molecule has 0 fully saturated rings. The summed E-state index contributed by atoms with van der Waals surface area (Å²) in [6, 6.07) is 22.1. The number of nitrogens with zero attached hydrogens (tertiary/aromatic N) is 3. The third-order valence-electron chi connectivity index (χ3n) is 4.06. The maximum atomic E-state index is 5.23. The van der Waals surface area contributed by atoms with Crippen LogP contribution in [0.15, 0.2) is 72.9 Å². The van der Waals surface area contributed by atoms with E-state index in [4.69, 9.17) is 9.72 Å². The van der Waals surface area contributed by atoms with Gasteiger partial charge in [0.2, 0.25) is 0 Å². The summed E-state index contributed by atoms with van der Waals surface area (Å²) >= 11 is 0. The first-order valence-corrected chi connectivity index (χ1v) is 8.10. The van der Waals surface area contributed by atoms with Gasteiger partial charge in [0, 0.05) is 24.2 Å². The molecular formula is C20H18N4O. The molecule has 4 aromatic rings. The highest BCUT2D eigenvalue weighted by Crippen LogP contribution is 2.24. The smallest absolute Gasteiger partial charge is 0.157 e. The van der Waals surface area contributed by atoms with Crippen molar-refractivity contribution in [3.8, 4) is 17.0 Å². The molecule has 0 bridgehead atoms. The van der Waals surface area contributed by atoms with Crippen LogP contribution in [0.25, 0.3) is 16.9 Å². The Bertz CT molecular complexity index is 978. The van der Waals surface area contributed by atoms with Crippen molar-refractivity contribution >= 4 is 11.5 Å². The highest BCUT2D eigenvalue weighted by atomic mass is 16.5. The first-order valence-electron chi connectivity index (χ1n) is 8.10. The van der Waals surface area contributed by atoms with Crippen molar-refractivity contribution in [1.82, 2.24) is 14.6 Å². The van der Waals surface area contributed by atoms with Crippen molar-refractivity contribution in [2.45, 2.75) is 6.54 Å². The fraction of sp³-hybridized carbons (Fsp3) is 0.100. The Balaban J connectivity index is 1.69. The summed E-state index contributed by atoms with van der Waals surface area (Å²) in [6.45, 7) is 0.724. The Kier molecular flexibility index (Phi) is 4.04. The van der Waals surface area contributed by atoms with Gasteiger partial charge in [0.1, 0.15) is 11.6 Å². The molecule has 0 aliphatic heterocycles.